The van der Waals surface area contributed by atoms with E-state index in [1.165, 1.54) is 25.0 Å². The molecule has 2 nitrogen and oxygen atoms in total. The molecule has 0 aromatic carbocycles. The fourth-order valence-corrected chi connectivity index (χ4v) is 1.63. The molecule has 0 aliphatic heterocycles. The van der Waals surface area contributed by atoms with E-state index in [1.54, 1.807) is 0 Å². The Labute approximate surface area is 73.3 Å². The van der Waals surface area contributed by atoms with Crippen molar-refractivity contribution in [2.24, 2.45) is 5.73 Å². The second kappa shape index (κ2) is 5.01. The molecule has 3 N–H and O–H groups in total. The highest BCUT2D eigenvalue weighted by atomic mass is 32.2. The van der Waals surface area contributed by atoms with Crippen LogP contribution < -0.4 is 11.1 Å². The summed E-state index contributed by atoms with van der Waals surface area (Å²) in [6.45, 7) is 0.789. The molecule has 1 saturated carbocycles. The van der Waals surface area contributed by atoms with Crippen LogP contribution in [0.15, 0.2) is 0 Å². The molecule has 11 heavy (non-hydrogen) atoms. The maximum atomic E-state index is 5.62. The Kier molecular flexibility index (Phi) is 4.26. The smallest absolute Gasteiger partial charge is 0.0200 e. The number of rotatable bonds is 6. The van der Waals surface area contributed by atoms with Crippen molar-refractivity contribution in [1.82, 2.24) is 5.32 Å². The number of thioether (sulfide) groups is 1. The number of nitrogens with one attached hydrogen (secondary N) is 1. The zero-order chi connectivity index (χ0) is 8.10. The Bertz CT molecular complexity index is 104. The summed E-state index contributed by atoms with van der Waals surface area (Å²) in [5.41, 5.74) is 5.62. The van der Waals surface area contributed by atoms with Gasteiger partial charge in [-0.25, -0.2) is 0 Å². The second-order valence-electron chi connectivity index (χ2n) is 3.16. The van der Waals surface area contributed by atoms with E-state index in [0.29, 0.717) is 6.04 Å². The highest BCUT2D eigenvalue weighted by Gasteiger charge is 2.23. The third kappa shape index (κ3) is 3.99. The molecule has 1 rings (SSSR count). The predicted octanol–water partition coefficient (Wildman–Crippen LogP) is 0.819. The van der Waals surface area contributed by atoms with Crippen LogP contribution in [0.3, 0.4) is 0 Å². The molecular formula is C8H18N2S. The van der Waals surface area contributed by atoms with Crippen LogP contribution in [0.5, 0.6) is 0 Å². The van der Waals surface area contributed by atoms with E-state index in [4.69, 9.17) is 5.73 Å². The second-order valence-corrected chi connectivity index (χ2v) is 4.14. The largest absolute Gasteiger partial charge is 0.329 e. The zero-order valence-electron chi connectivity index (χ0n) is 7.18. The van der Waals surface area contributed by atoms with Crippen LogP contribution in [0.2, 0.25) is 0 Å². The van der Waals surface area contributed by atoms with Gasteiger partial charge in [-0.2, -0.15) is 11.8 Å². The van der Waals surface area contributed by atoms with Gasteiger partial charge in [-0.3, -0.25) is 0 Å². The van der Waals surface area contributed by atoms with Gasteiger partial charge >= 0.3 is 0 Å². The minimum atomic E-state index is 0.565. The molecule has 0 heterocycles. The van der Waals surface area contributed by atoms with E-state index >= 15 is 0 Å². The Morgan fingerprint density at radius 2 is 2.36 bits per heavy atom. The highest BCUT2D eigenvalue weighted by molar-refractivity contribution is 7.98. The summed E-state index contributed by atoms with van der Waals surface area (Å²) >= 11 is 1.90. The van der Waals surface area contributed by atoms with E-state index in [9.17, 15) is 0 Å². The van der Waals surface area contributed by atoms with Gasteiger partial charge in [0.1, 0.15) is 0 Å². The van der Waals surface area contributed by atoms with Crippen molar-refractivity contribution in [2.75, 3.05) is 18.6 Å². The maximum absolute atomic E-state index is 5.62. The standard InChI is InChI=1S/C8H18N2S/c1-11-5-4-8(6-9)10-7-2-3-7/h7-8,10H,2-6,9H2,1H3. The van der Waals surface area contributed by atoms with Gasteiger partial charge in [0, 0.05) is 18.6 Å². The quantitative estimate of drug-likeness (QED) is 0.626. The lowest BCUT2D eigenvalue weighted by molar-refractivity contribution is 0.506. The molecule has 0 spiro atoms. The molecule has 0 saturated heterocycles. The van der Waals surface area contributed by atoms with Gasteiger partial charge in [0.25, 0.3) is 0 Å². The predicted molar refractivity (Wildman–Crippen MR) is 52.0 cm³/mol. The molecule has 1 fully saturated rings. The first kappa shape index (κ1) is 9.36. The summed E-state index contributed by atoms with van der Waals surface area (Å²) in [5.74, 6) is 1.22. The summed E-state index contributed by atoms with van der Waals surface area (Å²) < 4.78 is 0. The molecule has 0 aromatic heterocycles. The molecule has 66 valence electrons. The number of hydrogen-bond donors (Lipinski definition) is 2. The third-order valence-electron chi connectivity index (χ3n) is 2.00. The topological polar surface area (TPSA) is 38.0 Å². The fourth-order valence-electron chi connectivity index (χ4n) is 1.11. The van der Waals surface area contributed by atoms with Gasteiger partial charge < -0.3 is 11.1 Å². The minimum absolute atomic E-state index is 0.565. The van der Waals surface area contributed by atoms with E-state index < -0.39 is 0 Å². The average molecular weight is 174 g/mol. The monoisotopic (exact) mass is 174 g/mol. The van der Waals surface area contributed by atoms with Crippen LogP contribution >= 0.6 is 11.8 Å². The van der Waals surface area contributed by atoms with Crippen LogP contribution in [-0.2, 0) is 0 Å². The van der Waals surface area contributed by atoms with Gasteiger partial charge in [-0.05, 0) is 31.3 Å². The first-order chi connectivity index (χ1) is 5.36. The Hall–Kier alpha value is 0.270. The summed E-state index contributed by atoms with van der Waals surface area (Å²) in [4.78, 5) is 0. The SMILES string of the molecule is CSCCC(CN)NC1CC1. The molecule has 0 bridgehead atoms. The van der Waals surface area contributed by atoms with Crippen molar-refractivity contribution >= 4 is 11.8 Å². The summed E-state index contributed by atoms with van der Waals surface area (Å²) in [7, 11) is 0. The molecule has 1 unspecified atom stereocenters. The van der Waals surface area contributed by atoms with E-state index in [-0.39, 0.29) is 0 Å². The van der Waals surface area contributed by atoms with Gasteiger partial charge in [0.2, 0.25) is 0 Å². The molecule has 0 amide bonds. The fraction of sp³-hybridized carbons (Fsp3) is 1.00. The Balaban J connectivity index is 2.02. The first-order valence-electron chi connectivity index (χ1n) is 4.32. The average Bonchev–Trinajstić information content (AvgIpc) is 2.81. The number of nitrogens with two attached hydrogens (primary N) is 1. The minimum Gasteiger partial charge on any atom is -0.329 e. The molecular weight excluding hydrogens is 156 g/mol. The Morgan fingerprint density at radius 1 is 1.64 bits per heavy atom. The summed E-state index contributed by atoms with van der Waals surface area (Å²) in [6, 6.07) is 1.36. The lowest BCUT2D eigenvalue weighted by Crippen LogP contribution is -2.37. The maximum Gasteiger partial charge on any atom is 0.0200 e. The van der Waals surface area contributed by atoms with Gasteiger partial charge in [-0.1, -0.05) is 0 Å². The molecule has 3 heteroatoms. The van der Waals surface area contributed by atoms with Crippen molar-refractivity contribution in [3.8, 4) is 0 Å². The van der Waals surface area contributed by atoms with Crippen LogP contribution in [-0.4, -0.2) is 30.6 Å². The van der Waals surface area contributed by atoms with Crippen molar-refractivity contribution in [3.05, 3.63) is 0 Å². The highest BCUT2D eigenvalue weighted by Crippen LogP contribution is 2.19. The van der Waals surface area contributed by atoms with Crippen molar-refractivity contribution in [2.45, 2.75) is 31.3 Å². The molecule has 0 radical (unpaired) electrons. The number of hydrogen-bond acceptors (Lipinski definition) is 3. The van der Waals surface area contributed by atoms with Crippen LogP contribution in [0.25, 0.3) is 0 Å². The van der Waals surface area contributed by atoms with E-state index in [1.807, 2.05) is 11.8 Å². The van der Waals surface area contributed by atoms with Gasteiger partial charge in [0.15, 0.2) is 0 Å². The zero-order valence-corrected chi connectivity index (χ0v) is 7.99. The van der Waals surface area contributed by atoms with E-state index in [2.05, 4.69) is 11.6 Å². The van der Waals surface area contributed by atoms with E-state index in [0.717, 1.165) is 12.6 Å². The normalized spacial score (nSPS) is 20.2. The van der Waals surface area contributed by atoms with Crippen LogP contribution in [0.4, 0.5) is 0 Å². The molecule has 1 aliphatic carbocycles. The van der Waals surface area contributed by atoms with Crippen molar-refractivity contribution < 1.29 is 0 Å². The Morgan fingerprint density at radius 3 is 2.82 bits per heavy atom. The summed E-state index contributed by atoms with van der Waals surface area (Å²) in [6.07, 6.45) is 6.07. The van der Waals surface area contributed by atoms with Crippen LogP contribution in [0, 0.1) is 0 Å². The van der Waals surface area contributed by atoms with Gasteiger partial charge in [-0.15, -0.1) is 0 Å². The molecule has 1 aliphatic rings. The van der Waals surface area contributed by atoms with Crippen LogP contribution in [0.1, 0.15) is 19.3 Å². The first-order valence-corrected chi connectivity index (χ1v) is 5.71. The lowest BCUT2D eigenvalue weighted by Gasteiger charge is -2.15. The van der Waals surface area contributed by atoms with Crippen molar-refractivity contribution in [3.63, 3.8) is 0 Å². The third-order valence-corrected chi connectivity index (χ3v) is 2.65. The summed E-state index contributed by atoms with van der Waals surface area (Å²) in [5, 5.41) is 3.54. The van der Waals surface area contributed by atoms with Crippen molar-refractivity contribution in [1.29, 1.82) is 0 Å². The molecule has 1 atom stereocenters. The lowest BCUT2D eigenvalue weighted by atomic mass is 10.2. The van der Waals surface area contributed by atoms with Gasteiger partial charge in [0.05, 0.1) is 0 Å². The molecule has 0 aromatic rings.